The van der Waals surface area contributed by atoms with E-state index in [1.54, 1.807) is 25.3 Å². The van der Waals surface area contributed by atoms with Crippen molar-refractivity contribution >= 4 is 34.6 Å². The van der Waals surface area contributed by atoms with Gasteiger partial charge in [0.15, 0.2) is 0 Å². The molecule has 0 saturated carbocycles. The van der Waals surface area contributed by atoms with Gasteiger partial charge >= 0.3 is 0 Å². The normalized spacial score (nSPS) is 13.5. The van der Waals surface area contributed by atoms with Crippen LogP contribution in [0.4, 0.5) is 11.4 Å². The van der Waals surface area contributed by atoms with Crippen molar-refractivity contribution < 1.29 is 14.3 Å². The summed E-state index contributed by atoms with van der Waals surface area (Å²) in [5.74, 6) is 0.313. The van der Waals surface area contributed by atoms with Crippen molar-refractivity contribution in [1.29, 1.82) is 0 Å². The van der Waals surface area contributed by atoms with Gasteiger partial charge in [0, 0.05) is 42.4 Å². The highest BCUT2D eigenvalue weighted by Gasteiger charge is 2.21. The van der Waals surface area contributed by atoms with Crippen molar-refractivity contribution in [3.8, 4) is 5.75 Å². The third kappa shape index (κ3) is 5.26. The molecule has 1 amide bonds. The molecule has 1 heterocycles. The van der Waals surface area contributed by atoms with Gasteiger partial charge in [0.25, 0.3) is 0 Å². The van der Waals surface area contributed by atoms with Crippen LogP contribution in [0.5, 0.6) is 5.75 Å². The van der Waals surface area contributed by atoms with Gasteiger partial charge in [0.1, 0.15) is 18.9 Å². The molecule has 154 valence electrons. The SMILES string of the molecule is COCCN(C)CCOc1cc2c(cc1N)C(c1ccccc1Cl)=NCC(=O)N2. The van der Waals surface area contributed by atoms with E-state index in [2.05, 4.69) is 15.2 Å². The summed E-state index contributed by atoms with van der Waals surface area (Å²) >= 11 is 6.36. The Morgan fingerprint density at radius 3 is 2.72 bits per heavy atom. The molecule has 2 aromatic rings. The van der Waals surface area contributed by atoms with Crippen LogP contribution in [0.25, 0.3) is 0 Å². The number of anilines is 2. The van der Waals surface area contributed by atoms with Crippen molar-refractivity contribution in [1.82, 2.24) is 4.90 Å². The molecule has 3 rings (SSSR count). The van der Waals surface area contributed by atoms with E-state index in [0.29, 0.717) is 46.6 Å². The quantitative estimate of drug-likeness (QED) is 0.646. The number of nitrogens with two attached hydrogens (primary N) is 1. The fourth-order valence-corrected chi connectivity index (χ4v) is 3.23. The molecule has 0 spiro atoms. The van der Waals surface area contributed by atoms with Crippen molar-refractivity contribution in [2.75, 3.05) is 58.1 Å². The standard InChI is InChI=1S/C21H25ClN4O3/c1-26(7-9-28-2)8-10-29-19-12-18-15(11-17(19)23)21(24-13-20(27)25-18)14-5-3-4-6-16(14)22/h3-6,11-12H,7-10,13,23H2,1-2H3,(H,25,27). The fraction of sp³-hybridized carbons (Fsp3) is 0.333. The molecule has 0 atom stereocenters. The topological polar surface area (TPSA) is 89.2 Å². The Bertz CT molecular complexity index is 917. The smallest absolute Gasteiger partial charge is 0.246 e. The largest absolute Gasteiger partial charge is 0.490 e. The number of benzene rings is 2. The zero-order chi connectivity index (χ0) is 20.8. The van der Waals surface area contributed by atoms with Gasteiger partial charge in [-0.3, -0.25) is 9.79 Å². The molecule has 29 heavy (non-hydrogen) atoms. The van der Waals surface area contributed by atoms with E-state index in [1.807, 2.05) is 25.2 Å². The van der Waals surface area contributed by atoms with E-state index in [4.69, 9.17) is 26.8 Å². The van der Waals surface area contributed by atoms with Gasteiger partial charge in [-0.15, -0.1) is 0 Å². The van der Waals surface area contributed by atoms with E-state index in [9.17, 15) is 4.79 Å². The third-order valence-electron chi connectivity index (χ3n) is 4.60. The number of amides is 1. The van der Waals surface area contributed by atoms with Crippen LogP contribution in [0.1, 0.15) is 11.1 Å². The molecule has 3 N–H and O–H groups in total. The fourth-order valence-electron chi connectivity index (χ4n) is 3.00. The number of benzodiazepines with no additional fused rings is 1. The van der Waals surface area contributed by atoms with Crippen molar-refractivity contribution in [3.05, 3.63) is 52.5 Å². The summed E-state index contributed by atoms with van der Waals surface area (Å²) in [7, 11) is 3.67. The van der Waals surface area contributed by atoms with Crippen LogP contribution < -0.4 is 15.8 Å². The minimum atomic E-state index is -0.205. The number of hydrogen-bond donors (Lipinski definition) is 2. The summed E-state index contributed by atoms with van der Waals surface area (Å²) in [4.78, 5) is 18.7. The number of hydrogen-bond acceptors (Lipinski definition) is 6. The molecule has 0 radical (unpaired) electrons. The highest BCUT2D eigenvalue weighted by atomic mass is 35.5. The number of halogens is 1. The first kappa shape index (κ1) is 21.1. The summed E-state index contributed by atoms with van der Waals surface area (Å²) in [6, 6.07) is 10.9. The van der Waals surface area contributed by atoms with Crippen LogP contribution >= 0.6 is 11.6 Å². The lowest BCUT2D eigenvalue weighted by Gasteiger charge is -2.18. The van der Waals surface area contributed by atoms with Crippen LogP contribution in [-0.2, 0) is 9.53 Å². The van der Waals surface area contributed by atoms with Gasteiger partial charge in [-0.05, 0) is 19.2 Å². The van der Waals surface area contributed by atoms with Crippen molar-refractivity contribution in [2.45, 2.75) is 0 Å². The van der Waals surface area contributed by atoms with E-state index in [1.165, 1.54) is 0 Å². The molecule has 0 aliphatic carbocycles. The molecule has 2 aromatic carbocycles. The van der Waals surface area contributed by atoms with Crippen LogP contribution in [0.2, 0.25) is 5.02 Å². The first-order chi connectivity index (χ1) is 14.0. The number of fused-ring (bicyclic) bond motifs is 1. The summed E-state index contributed by atoms with van der Waals surface area (Å²) in [5, 5.41) is 3.44. The first-order valence-electron chi connectivity index (χ1n) is 9.33. The molecule has 0 unspecified atom stereocenters. The zero-order valence-corrected chi connectivity index (χ0v) is 17.3. The Balaban J connectivity index is 1.84. The Hall–Kier alpha value is -2.61. The summed E-state index contributed by atoms with van der Waals surface area (Å²) in [6.07, 6.45) is 0. The van der Waals surface area contributed by atoms with Crippen LogP contribution in [-0.4, -0.2) is 63.5 Å². The lowest BCUT2D eigenvalue weighted by molar-refractivity contribution is -0.114. The summed E-state index contributed by atoms with van der Waals surface area (Å²) in [5.41, 5.74) is 9.41. The molecular weight excluding hydrogens is 392 g/mol. The molecule has 0 fully saturated rings. The Labute approximate surface area is 175 Å². The van der Waals surface area contributed by atoms with E-state index < -0.39 is 0 Å². The Kier molecular flexibility index (Phi) is 7.09. The molecule has 1 aliphatic heterocycles. The number of ether oxygens (including phenoxy) is 2. The van der Waals surface area contributed by atoms with Gasteiger partial charge in [-0.25, -0.2) is 0 Å². The second-order valence-electron chi connectivity index (χ2n) is 6.77. The maximum atomic E-state index is 12.2. The highest BCUT2D eigenvalue weighted by Crippen LogP contribution is 2.33. The van der Waals surface area contributed by atoms with Gasteiger partial charge in [0.05, 0.1) is 23.7 Å². The predicted octanol–water partition coefficient (Wildman–Crippen LogP) is 2.67. The average Bonchev–Trinajstić information content (AvgIpc) is 2.85. The number of carbonyl (C=O) groups excluding carboxylic acids is 1. The van der Waals surface area contributed by atoms with Crippen molar-refractivity contribution in [3.63, 3.8) is 0 Å². The maximum Gasteiger partial charge on any atom is 0.246 e. The minimum Gasteiger partial charge on any atom is -0.490 e. The molecule has 7 nitrogen and oxygen atoms in total. The van der Waals surface area contributed by atoms with E-state index >= 15 is 0 Å². The molecule has 0 saturated heterocycles. The Morgan fingerprint density at radius 1 is 1.21 bits per heavy atom. The van der Waals surface area contributed by atoms with Gasteiger partial charge in [0.2, 0.25) is 5.91 Å². The molecular formula is C21H25ClN4O3. The highest BCUT2D eigenvalue weighted by molar-refractivity contribution is 6.36. The maximum absolute atomic E-state index is 12.2. The van der Waals surface area contributed by atoms with Crippen LogP contribution in [0.3, 0.4) is 0 Å². The second kappa shape index (κ2) is 9.73. The van der Waals surface area contributed by atoms with Gasteiger partial charge < -0.3 is 25.4 Å². The number of likely N-dealkylation sites (N-methyl/N-ethyl adjacent to an activating group) is 1. The Morgan fingerprint density at radius 2 is 1.97 bits per heavy atom. The van der Waals surface area contributed by atoms with E-state index in [0.717, 1.165) is 18.7 Å². The van der Waals surface area contributed by atoms with Crippen LogP contribution in [0, 0.1) is 0 Å². The minimum absolute atomic E-state index is 0.00955. The molecule has 0 aromatic heterocycles. The monoisotopic (exact) mass is 416 g/mol. The number of carbonyl (C=O) groups is 1. The van der Waals surface area contributed by atoms with Gasteiger partial charge in [-0.1, -0.05) is 29.8 Å². The number of nitrogens with one attached hydrogen (secondary N) is 1. The number of nitrogens with zero attached hydrogens (tertiary/aromatic N) is 2. The summed E-state index contributed by atoms with van der Waals surface area (Å²) < 4.78 is 10.9. The first-order valence-corrected chi connectivity index (χ1v) is 9.70. The number of rotatable bonds is 8. The number of aliphatic imine (C=N–C) groups is 1. The average molecular weight is 417 g/mol. The lowest BCUT2D eigenvalue weighted by Crippen LogP contribution is -2.27. The third-order valence-corrected chi connectivity index (χ3v) is 4.93. The second-order valence-corrected chi connectivity index (χ2v) is 7.18. The van der Waals surface area contributed by atoms with Crippen molar-refractivity contribution in [2.24, 2.45) is 4.99 Å². The van der Waals surface area contributed by atoms with Crippen LogP contribution in [0.15, 0.2) is 41.4 Å². The molecule has 0 bridgehead atoms. The lowest BCUT2D eigenvalue weighted by atomic mass is 9.99. The summed E-state index contributed by atoms with van der Waals surface area (Å²) in [6.45, 7) is 2.66. The molecule has 1 aliphatic rings. The van der Waals surface area contributed by atoms with E-state index in [-0.39, 0.29) is 12.5 Å². The van der Waals surface area contributed by atoms with Gasteiger partial charge in [-0.2, -0.15) is 0 Å². The number of nitrogen functional groups attached to an aromatic ring is 1. The molecule has 8 heteroatoms. The predicted molar refractivity (Wildman–Crippen MR) is 116 cm³/mol. The zero-order valence-electron chi connectivity index (χ0n) is 16.6. The number of methoxy groups -OCH3 is 1.